The summed E-state index contributed by atoms with van der Waals surface area (Å²) in [5.74, 6) is 0.121. The quantitative estimate of drug-likeness (QED) is 0.863. The van der Waals surface area contributed by atoms with Crippen molar-refractivity contribution in [1.29, 1.82) is 0 Å². The van der Waals surface area contributed by atoms with Gasteiger partial charge in [-0.1, -0.05) is 29.3 Å². The van der Waals surface area contributed by atoms with Gasteiger partial charge in [0.2, 0.25) is 0 Å². The van der Waals surface area contributed by atoms with Gasteiger partial charge in [-0.05, 0) is 43.2 Å². The van der Waals surface area contributed by atoms with Crippen LogP contribution in [-0.2, 0) is 0 Å². The predicted octanol–water partition coefficient (Wildman–Crippen LogP) is 4.92. The van der Waals surface area contributed by atoms with E-state index in [1.165, 1.54) is 18.2 Å². The lowest BCUT2D eigenvalue weighted by Gasteiger charge is -2.17. The van der Waals surface area contributed by atoms with E-state index in [4.69, 9.17) is 27.9 Å². The summed E-state index contributed by atoms with van der Waals surface area (Å²) in [7, 11) is 0. The van der Waals surface area contributed by atoms with Crippen LogP contribution in [0.3, 0.4) is 0 Å². The van der Waals surface area contributed by atoms with E-state index in [2.05, 4.69) is 0 Å². The lowest BCUT2D eigenvalue weighted by atomic mass is 9.97. The third-order valence-electron chi connectivity index (χ3n) is 3.17. The van der Waals surface area contributed by atoms with Gasteiger partial charge < -0.3 is 9.84 Å². The van der Waals surface area contributed by atoms with Crippen LogP contribution in [0.2, 0.25) is 10.0 Å². The third-order valence-corrected chi connectivity index (χ3v) is 3.79. The Balaban J connectivity index is 2.43. The molecule has 0 spiro atoms. The van der Waals surface area contributed by atoms with Crippen LogP contribution >= 0.6 is 23.2 Å². The van der Waals surface area contributed by atoms with Crippen LogP contribution in [-0.4, -0.2) is 11.7 Å². The smallest absolute Gasteiger partial charge is 0.139 e. The molecule has 0 heterocycles. The molecule has 1 unspecified atom stereocenters. The number of hydrogen-bond acceptors (Lipinski definition) is 2. The molecule has 0 aromatic heterocycles. The first-order valence-corrected chi connectivity index (χ1v) is 7.25. The van der Waals surface area contributed by atoms with E-state index in [-0.39, 0.29) is 5.82 Å². The normalized spacial score (nSPS) is 12.3. The number of benzene rings is 2. The monoisotopic (exact) mass is 328 g/mol. The average Bonchev–Trinajstić information content (AvgIpc) is 2.42. The maximum Gasteiger partial charge on any atom is 0.139 e. The summed E-state index contributed by atoms with van der Waals surface area (Å²) in [6.07, 6.45) is -0.980. The Morgan fingerprint density at radius 2 is 1.86 bits per heavy atom. The number of hydrogen-bond donors (Lipinski definition) is 1. The summed E-state index contributed by atoms with van der Waals surface area (Å²) in [6, 6.07) is 7.35. The number of aryl methyl sites for hydroxylation is 1. The topological polar surface area (TPSA) is 29.5 Å². The van der Waals surface area contributed by atoms with Gasteiger partial charge in [0, 0.05) is 11.6 Å². The van der Waals surface area contributed by atoms with Crippen LogP contribution in [0.5, 0.6) is 5.75 Å². The zero-order valence-corrected chi connectivity index (χ0v) is 13.2. The number of halogens is 3. The van der Waals surface area contributed by atoms with Gasteiger partial charge in [0.15, 0.2) is 0 Å². The summed E-state index contributed by atoms with van der Waals surface area (Å²) < 4.78 is 18.5. The number of ether oxygens (including phenoxy) is 1. The van der Waals surface area contributed by atoms with Crippen molar-refractivity contribution >= 4 is 23.2 Å². The van der Waals surface area contributed by atoms with Gasteiger partial charge in [-0.15, -0.1) is 0 Å². The molecule has 1 N–H and O–H groups in total. The molecule has 0 bridgehead atoms. The van der Waals surface area contributed by atoms with Gasteiger partial charge in [0.1, 0.15) is 17.7 Å². The first-order valence-electron chi connectivity index (χ1n) is 6.50. The van der Waals surface area contributed by atoms with Crippen molar-refractivity contribution in [2.75, 3.05) is 6.61 Å². The van der Waals surface area contributed by atoms with Crippen LogP contribution in [0.25, 0.3) is 0 Å². The second kappa shape index (κ2) is 6.65. The zero-order chi connectivity index (χ0) is 15.6. The molecule has 0 saturated heterocycles. The molecule has 0 aliphatic rings. The van der Waals surface area contributed by atoms with E-state index < -0.39 is 6.10 Å². The maximum absolute atomic E-state index is 13.1. The summed E-state index contributed by atoms with van der Waals surface area (Å²) in [6.45, 7) is 4.04. The molecule has 2 nitrogen and oxygen atoms in total. The fourth-order valence-electron chi connectivity index (χ4n) is 2.13. The Morgan fingerprint density at radius 3 is 2.48 bits per heavy atom. The summed E-state index contributed by atoms with van der Waals surface area (Å²) >= 11 is 12.3. The molecule has 0 aliphatic heterocycles. The molecule has 0 saturated carbocycles. The molecular formula is C16H15Cl2FO2. The van der Waals surface area contributed by atoms with Gasteiger partial charge in [-0.3, -0.25) is 0 Å². The molecule has 5 heteroatoms. The third kappa shape index (κ3) is 3.49. The van der Waals surface area contributed by atoms with Crippen LogP contribution in [0.4, 0.5) is 4.39 Å². The van der Waals surface area contributed by atoms with Crippen LogP contribution < -0.4 is 4.74 Å². The van der Waals surface area contributed by atoms with E-state index in [0.29, 0.717) is 39.1 Å². The van der Waals surface area contributed by atoms with Crippen LogP contribution in [0.1, 0.15) is 29.7 Å². The second-order valence-electron chi connectivity index (χ2n) is 4.64. The maximum atomic E-state index is 13.1. The minimum atomic E-state index is -0.980. The number of aliphatic hydroxyl groups is 1. The minimum Gasteiger partial charge on any atom is -0.492 e. The molecular weight excluding hydrogens is 314 g/mol. The fourth-order valence-corrected chi connectivity index (χ4v) is 2.62. The SMILES string of the molecule is CCOc1cc(Cl)c(C(O)c2ccc(F)cc2C)cc1Cl. The highest BCUT2D eigenvalue weighted by atomic mass is 35.5. The molecule has 0 radical (unpaired) electrons. The molecule has 21 heavy (non-hydrogen) atoms. The Labute approximate surface area is 133 Å². The fraction of sp³-hybridized carbons (Fsp3) is 0.250. The van der Waals surface area contributed by atoms with Crippen molar-refractivity contribution in [3.63, 3.8) is 0 Å². The highest BCUT2D eigenvalue weighted by Crippen LogP contribution is 2.37. The lowest BCUT2D eigenvalue weighted by Crippen LogP contribution is -2.04. The minimum absolute atomic E-state index is 0.346. The number of rotatable bonds is 4. The lowest BCUT2D eigenvalue weighted by molar-refractivity contribution is 0.219. The number of aliphatic hydroxyl groups excluding tert-OH is 1. The first-order chi connectivity index (χ1) is 9.93. The van der Waals surface area contributed by atoms with E-state index in [1.807, 2.05) is 6.92 Å². The molecule has 2 aromatic carbocycles. The predicted molar refractivity (Wildman–Crippen MR) is 82.8 cm³/mol. The van der Waals surface area contributed by atoms with Crippen molar-refractivity contribution in [1.82, 2.24) is 0 Å². The molecule has 2 rings (SSSR count). The molecule has 0 amide bonds. The highest BCUT2D eigenvalue weighted by molar-refractivity contribution is 6.34. The Morgan fingerprint density at radius 1 is 1.14 bits per heavy atom. The van der Waals surface area contributed by atoms with Gasteiger partial charge in [0.25, 0.3) is 0 Å². The van der Waals surface area contributed by atoms with Crippen LogP contribution in [0.15, 0.2) is 30.3 Å². The Hall–Kier alpha value is -1.29. The van der Waals surface area contributed by atoms with Crippen molar-refractivity contribution in [3.8, 4) is 5.75 Å². The van der Waals surface area contributed by atoms with Gasteiger partial charge >= 0.3 is 0 Å². The molecule has 0 fully saturated rings. The standard InChI is InChI=1S/C16H15Cl2FO2/c1-3-21-15-8-13(17)12(7-14(15)18)16(20)11-5-4-10(19)6-9(11)2/h4-8,16,20H,3H2,1-2H3. The van der Waals surface area contributed by atoms with Gasteiger partial charge in [-0.2, -0.15) is 0 Å². The molecule has 112 valence electrons. The average molecular weight is 329 g/mol. The first kappa shape index (κ1) is 16.1. The largest absolute Gasteiger partial charge is 0.492 e. The second-order valence-corrected chi connectivity index (χ2v) is 5.46. The summed E-state index contributed by atoms with van der Waals surface area (Å²) in [5, 5.41) is 11.2. The Bertz CT molecular complexity index is 659. The van der Waals surface area contributed by atoms with E-state index >= 15 is 0 Å². The van der Waals surface area contributed by atoms with Crippen molar-refractivity contribution in [2.45, 2.75) is 20.0 Å². The zero-order valence-electron chi connectivity index (χ0n) is 11.7. The van der Waals surface area contributed by atoms with Crippen molar-refractivity contribution < 1.29 is 14.2 Å². The van der Waals surface area contributed by atoms with E-state index in [9.17, 15) is 9.50 Å². The molecule has 0 aliphatic carbocycles. The summed E-state index contributed by atoms with van der Waals surface area (Å²) in [4.78, 5) is 0. The highest BCUT2D eigenvalue weighted by Gasteiger charge is 2.19. The van der Waals surface area contributed by atoms with Crippen molar-refractivity contribution in [3.05, 3.63) is 62.9 Å². The van der Waals surface area contributed by atoms with Gasteiger partial charge in [-0.25, -0.2) is 4.39 Å². The van der Waals surface area contributed by atoms with Crippen molar-refractivity contribution in [2.24, 2.45) is 0 Å². The Kier molecular flexibility index (Phi) is 5.09. The van der Waals surface area contributed by atoms with E-state index in [1.54, 1.807) is 19.1 Å². The van der Waals surface area contributed by atoms with Crippen LogP contribution in [0, 0.1) is 12.7 Å². The molecule has 1 atom stereocenters. The molecule has 2 aromatic rings. The summed E-state index contributed by atoms with van der Waals surface area (Å²) in [5.41, 5.74) is 1.68. The van der Waals surface area contributed by atoms with Gasteiger partial charge in [0.05, 0.1) is 16.7 Å². The van der Waals surface area contributed by atoms with E-state index in [0.717, 1.165) is 0 Å².